The van der Waals surface area contributed by atoms with E-state index in [-0.39, 0.29) is 12.5 Å². The maximum atomic E-state index is 12.2. The molecule has 1 fully saturated rings. The lowest BCUT2D eigenvalue weighted by Crippen LogP contribution is -2.51. The van der Waals surface area contributed by atoms with Crippen molar-refractivity contribution in [2.75, 3.05) is 30.4 Å². The van der Waals surface area contributed by atoms with Gasteiger partial charge in [0.25, 0.3) is 0 Å². The molecular formula is C22H23ClN2O2. The molecule has 0 radical (unpaired) electrons. The predicted molar refractivity (Wildman–Crippen MR) is 110 cm³/mol. The van der Waals surface area contributed by atoms with Gasteiger partial charge in [0.05, 0.1) is 5.41 Å². The maximum absolute atomic E-state index is 12.2. The van der Waals surface area contributed by atoms with E-state index in [9.17, 15) is 4.79 Å². The molecule has 1 unspecified atom stereocenters. The van der Waals surface area contributed by atoms with Crippen LogP contribution in [0.25, 0.3) is 6.08 Å². The second kappa shape index (κ2) is 6.03. The fourth-order valence-electron chi connectivity index (χ4n) is 4.10. The van der Waals surface area contributed by atoms with Gasteiger partial charge in [-0.1, -0.05) is 29.8 Å². The monoisotopic (exact) mass is 382 g/mol. The topological polar surface area (TPSA) is 32.8 Å². The van der Waals surface area contributed by atoms with E-state index < -0.39 is 11.1 Å². The maximum Gasteiger partial charge on any atom is 0.328 e. The van der Waals surface area contributed by atoms with Crippen LogP contribution in [0.3, 0.4) is 0 Å². The van der Waals surface area contributed by atoms with Crippen LogP contribution in [0.1, 0.15) is 25.0 Å². The third kappa shape index (κ3) is 2.62. The first-order chi connectivity index (χ1) is 12.7. The predicted octanol–water partition coefficient (Wildman–Crippen LogP) is 4.47. The highest BCUT2D eigenvalue weighted by atomic mass is 35.5. The Balaban J connectivity index is 1.76. The second-order valence-electron chi connectivity index (χ2n) is 7.86. The Bertz CT molecular complexity index is 934. The van der Waals surface area contributed by atoms with E-state index in [0.29, 0.717) is 5.02 Å². The van der Waals surface area contributed by atoms with Crippen LogP contribution in [0.4, 0.5) is 11.4 Å². The molecule has 2 heterocycles. The molecule has 0 amide bonds. The lowest BCUT2D eigenvalue weighted by atomic mass is 9.77. The van der Waals surface area contributed by atoms with Gasteiger partial charge in [0, 0.05) is 30.5 Å². The summed E-state index contributed by atoms with van der Waals surface area (Å²) in [7, 11) is 4.03. The smallest absolute Gasteiger partial charge is 0.328 e. The van der Waals surface area contributed by atoms with Gasteiger partial charge in [0.15, 0.2) is 0 Å². The van der Waals surface area contributed by atoms with Gasteiger partial charge in [0.1, 0.15) is 6.54 Å². The minimum Gasteiger partial charge on any atom is -0.433 e. The van der Waals surface area contributed by atoms with Gasteiger partial charge in [-0.25, -0.2) is 0 Å². The van der Waals surface area contributed by atoms with E-state index >= 15 is 0 Å². The normalized spacial score (nSPS) is 22.7. The van der Waals surface area contributed by atoms with Crippen molar-refractivity contribution >= 4 is 35.0 Å². The number of fused-ring (bicyclic) bond motifs is 3. The number of anilines is 2. The lowest BCUT2D eigenvalue weighted by Gasteiger charge is -2.38. The number of carbonyl (C=O) groups excluding carboxylic acids is 1. The van der Waals surface area contributed by atoms with Crippen molar-refractivity contribution in [1.29, 1.82) is 0 Å². The molecule has 0 N–H and O–H groups in total. The van der Waals surface area contributed by atoms with Gasteiger partial charge in [-0.3, -0.25) is 4.79 Å². The summed E-state index contributed by atoms with van der Waals surface area (Å²) >= 11 is 6.25. The van der Waals surface area contributed by atoms with Crippen molar-refractivity contribution in [3.05, 3.63) is 64.7 Å². The average Bonchev–Trinajstić information content (AvgIpc) is 3.05. The SMILES string of the molecule is CN(C)c1ccc(C=CC23OC(=O)CN2c2ccc(Cl)cc2C3(C)C)cc1. The molecule has 2 aromatic rings. The molecule has 0 spiro atoms. The molecule has 0 aliphatic carbocycles. The molecule has 4 nitrogen and oxygen atoms in total. The summed E-state index contributed by atoms with van der Waals surface area (Å²) in [5, 5.41) is 0.688. The van der Waals surface area contributed by atoms with E-state index in [1.54, 1.807) is 0 Å². The number of hydrogen-bond acceptors (Lipinski definition) is 4. The van der Waals surface area contributed by atoms with Crippen molar-refractivity contribution in [1.82, 2.24) is 0 Å². The number of carbonyl (C=O) groups is 1. The summed E-state index contributed by atoms with van der Waals surface area (Å²) in [5.41, 5.74) is 3.01. The summed E-state index contributed by atoms with van der Waals surface area (Å²) in [6.45, 7) is 4.43. The fraction of sp³-hybridized carbons (Fsp3) is 0.318. The summed E-state index contributed by atoms with van der Waals surface area (Å²) in [6.07, 6.45) is 4.04. The highest BCUT2D eigenvalue weighted by Gasteiger charge is 2.62. The minimum absolute atomic E-state index is 0.212. The number of halogens is 1. The number of nitrogens with zero attached hydrogens (tertiary/aromatic N) is 2. The van der Waals surface area contributed by atoms with Crippen molar-refractivity contribution < 1.29 is 9.53 Å². The first-order valence-corrected chi connectivity index (χ1v) is 9.38. The van der Waals surface area contributed by atoms with Crippen molar-refractivity contribution in [2.45, 2.75) is 25.0 Å². The fourth-order valence-corrected chi connectivity index (χ4v) is 4.27. The highest BCUT2D eigenvalue weighted by molar-refractivity contribution is 6.30. The van der Waals surface area contributed by atoms with Crippen LogP contribution < -0.4 is 9.80 Å². The van der Waals surface area contributed by atoms with E-state index in [1.165, 1.54) is 0 Å². The molecule has 0 saturated carbocycles. The Morgan fingerprint density at radius 3 is 2.52 bits per heavy atom. The van der Waals surface area contributed by atoms with Gasteiger partial charge >= 0.3 is 5.97 Å². The van der Waals surface area contributed by atoms with Gasteiger partial charge in [0.2, 0.25) is 5.72 Å². The molecule has 27 heavy (non-hydrogen) atoms. The molecule has 4 rings (SSSR count). The standard InChI is InChI=1S/C22H23ClN2O2/c1-21(2)18-13-16(23)7-10-19(18)25-14-20(26)27-22(21,25)12-11-15-5-8-17(9-6-15)24(3)4/h5-13H,14H2,1-4H3. The van der Waals surface area contributed by atoms with Crippen LogP contribution in [0.2, 0.25) is 5.02 Å². The molecule has 5 heteroatoms. The molecule has 2 aliphatic heterocycles. The summed E-state index contributed by atoms with van der Waals surface area (Å²) in [5.74, 6) is -0.212. The molecule has 140 valence electrons. The minimum atomic E-state index is -0.850. The highest BCUT2D eigenvalue weighted by Crippen LogP contribution is 2.55. The van der Waals surface area contributed by atoms with E-state index in [1.807, 2.05) is 49.3 Å². The van der Waals surface area contributed by atoms with Crippen LogP contribution in [0.15, 0.2) is 48.5 Å². The quantitative estimate of drug-likeness (QED) is 0.733. The van der Waals surface area contributed by atoms with Gasteiger partial charge < -0.3 is 14.5 Å². The Morgan fingerprint density at radius 2 is 1.85 bits per heavy atom. The molecule has 2 aliphatic rings. The zero-order valence-electron chi connectivity index (χ0n) is 16.0. The second-order valence-corrected chi connectivity index (χ2v) is 8.30. The Kier molecular flexibility index (Phi) is 4.00. The number of hydrogen-bond donors (Lipinski definition) is 0. The Hall–Kier alpha value is -2.46. The lowest BCUT2D eigenvalue weighted by molar-refractivity contribution is -0.147. The third-order valence-electron chi connectivity index (χ3n) is 5.69. The van der Waals surface area contributed by atoms with Crippen molar-refractivity contribution in [2.24, 2.45) is 0 Å². The van der Waals surface area contributed by atoms with Crippen molar-refractivity contribution in [3.63, 3.8) is 0 Å². The third-order valence-corrected chi connectivity index (χ3v) is 5.92. The number of esters is 1. The van der Waals surface area contributed by atoms with Gasteiger partial charge in [-0.2, -0.15) is 0 Å². The number of rotatable bonds is 3. The van der Waals surface area contributed by atoms with Crippen LogP contribution in [0, 0.1) is 0 Å². The summed E-state index contributed by atoms with van der Waals surface area (Å²) < 4.78 is 5.94. The average molecular weight is 383 g/mol. The van der Waals surface area contributed by atoms with Gasteiger partial charge in [-0.05, 0) is 61.4 Å². The van der Waals surface area contributed by atoms with Crippen molar-refractivity contribution in [3.8, 4) is 0 Å². The molecule has 0 aromatic heterocycles. The summed E-state index contributed by atoms with van der Waals surface area (Å²) in [6, 6.07) is 14.1. The van der Waals surface area contributed by atoms with Crippen LogP contribution in [-0.4, -0.2) is 32.3 Å². The molecule has 0 bridgehead atoms. The van der Waals surface area contributed by atoms with Crippen LogP contribution in [-0.2, 0) is 14.9 Å². The summed E-state index contributed by atoms with van der Waals surface area (Å²) in [4.78, 5) is 16.3. The molecule has 1 saturated heterocycles. The first kappa shape index (κ1) is 17.9. The van der Waals surface area contributed by atoms with E-state index in [2.05, 4.69) is 43.0 Å². The largest absolute Gasteiger partial charge is 0.433 e. The van der Waals surface area contributed by atoms with Gasteiger partial charge in [-0.15, -0.1) is 0 Å². The molecule has 1 atom stereocenters. The van der Waals surface area contributed by atoms with Crippen LogP contribution >= 0.6 is 11.6 Å². The molecule has 2 aromatic carbocycles. The number of benzene rings is 2. The first-order valence-electron chi connectivity index (χ1n) is 9.01. The van der Waals surface area contributed by atoms with Crippen LogP contribution in [0.5, 0.6) is 0 Å². The zero-order valence-corrected chi connectivity index (χ0v) is 16.7. The molecular weight excluding hydrogens is 360 g/mol. The Morgan fingerprint density at radius 1 is 1.15 bits per heavy atom. The number of ether oxygens (including phenoxy) is 1. The zero-order chi connectivity index (χ0) is 19.4. The van der Waals surface area contributed by atoms with E-state index in [4.69, 9.17) is 16.3 Å². The van der Waals surface area contributed by atoms with E-state index in [0.717, 1.165) is 22.5 Å². The Labute approximate surface area is 165 Å².